The third kappa shape index (κ3) is 5.72. The lowest BCUT2D eigenvalue weighted by Gasteiger charge is -2.33. The van der Waals surface area contributed by atoms with Crippen molar-refractivity contribution in [1.82, 2.24) is 10.2 Å². The van der Waals surface area contributed by atoms with Gasteiger partial charge in [-0.05, 0) is 57.0 Å². The van der Waals surface area contributed by atoms with Crippen molar-refractivity contribution in [3.8, 4) is 0 Å². The van der Waals surface area contributed by atoms with Gasteiger partial charge < -0.3 is 15.3 Å². The van der Waals surface area contributed by atoms with Gasteiger partial charge in [0.05, 0.1) is 6.04 Å². The van der Waals surface area contributed by atoms with Crippen LogP contribution in [0.15, 0.2) is 24.3 Å². The number of rotatable bonds is 8. The fourth-order valence-corrected chi connectivity index (χ4v) is 3.40. The van der Waals surface area contributed by atoms with Gasteiger partial charge in [-0.2, -0.15) is 0 Å². The average molecular weight is 348 g/mol. The smallest absolute Gasteiger partial charge is 0.237 e. The van der Waals surface area contributed by atoms with Gasteiger partial charge in [0.2, 0.25) is 5.91 Å². The number of aliphatic hydroxyl groups is 1. The molecule has 25 heavy (non-hydrogen) atoms. The summed E-state index contributed by atoms with van der Waals surface area (Å²) in [5.74, 6) is 0.556. The molecule has 2 N–H and O–H groups in total. The zero-order valence-electron chi connectivity index (χ0n) is 15.9. The Hall–Kier alpha value is -1.59. The fraction of sp³-hybridized carbons (Fsp3) is 0.650. The first-order valence-corrected chi connectivity index (χ1v) is 9.44. The average Bonchev–Trinajstić information content (AvgIpc) is 2.64. The van der Waals surface area contributed by atoms with Gasteiger partial charge in [0.1, 0.15) is 0 Å². The molecule has 5 nitrogen and oxygen atoms in total. The molecule has 1 saturated heterocycles. The predicted octanol–water partition coefficient (Wildman–Crippen LogP) is 2.24. The molecule has 1 fully saturated rings. The number of amides is 1. The molecule has 140 valence electrons. The molecule has 1 aromatic rings. The number of carbonyl (C=O) groups is 1. The summed E-state index contributed by atoms with van der Waals surface area (Å²) < 4.78 is 0. The molecule has 0 radical (unpaired) electrons. The maximum Gasteiger partial charge on any atom is 0.237 e. The molecular formula is C20H33N3O2. The van der Waals surface area contributed by atoms with E-state index in [-0.39, 0.29) is 11.9 Å². The van der Waals surface area contributed by atoms with E-state index in [1.165, 1.54) is 5.69 Å². The molecule has 0 aromatic heterocycles. The number of nitrogens with one attached hydrogen (secondary N) is 1. The van der Waals surface area contributed by atoms with E-state index in [4.69, 9.17) is 0 Å². The lowest BCUT2D eigenvalue weighted by molar-refractivity contribution is -0.125. The first-order chi connectivity index (χ1) is 12.0. The number of hydrogen-bond donors (Lipinski definition) is 2. The summed E-state index contributed by atoms with van der Waals surface area (Å²) in [5.41, 5.74) is 2.35. The van der Waals surface area contributed by atoms with Gasteiger partial charge >= 0.3 is 0 Å². The molecule has 1 atom stereocenters. The molecule has 1 amide bonds. The Morgan fingerprint density at radius 1 is 1.28 bits per heavy atom. The lowest BCUT2D eigenvalue weighted by atomic mass is 9.97. The molecule has 1 unspecified atom stereocenters. The van der Waals surface area contributed by atoms with Crippen molar-refractivity contribution >= 4 is 11.6 Å². The van der Waals surface area contributed by atoms with Gasteiger partial charge in [0.15, 0.2) is 0 Å². The Labute approximate surface area is 152 Å². The summed E-state index contributed by atoms with van der Waals surface area (Å²) in [4.78, 5) is 16.7. The van der Waals surface area contributed by atoms with Crippen LogP contribution in [0.4, 0.5) is 5.69 Å². The third-order valence-corrected chi connectivity index (χ3v) is 5.13. The van der Waals surface area contributed by atoms with Crippen LogP contribution in [-0.4, -0.2) is 55.7 Å². The molecule has 1 aliphatic rings. The molecule has 5 heteroatoms. The quantitative estimate of drug-likeness (QED) is 0.757. The zero-order valence-corrected chi connectivity index (χ0v) is 15.9. The van der Waals surface area contributed by atoms with E-state index in [0.29, 0.717) is 19.1 Å². The Morgan fingerprint density at radius 2 is 1.92 bits per heavy atom. The first-order valence-electron chi connectivity index (χ1n) is 9.44. The molecule has 1 heterocycles. The summed E-state index contributed by atoms with van der Waals surface area (Å²) in [6.07, 6.45) is 3.98. The maximum atomic E-state index is 12.3. The van der Waals surface area contributed by atoms with Gasteiger partial charge in [0.25, 0.3) is 0 Å². The van der Waals surface area contributed by atoms with Crippen molar-refractivity contribution in [1.29, 1.82) is 0 Å². The number of anilines is 1. The number of nitrogens with zero attached hydrogens (tertiary/aromatic N) is 2. The minimum absolute atomic E-state index is 0.0582. The van der Waals surface area contributed by atoms with Gasteiger partial charge in [0, 0.05) is 31.9 Å². The lowest BCUT2D eigenvalue weighted by Crippen LogP contribution is -2.43. The molecule has 0 aliphatic carbocycles. The highest BCUT2D eigenvalue weighted by Crippen LogP contribution is 2.23. The Bertz CT molecular complexity index is 522. The normalized spacial score (nSPS) is 16.9. The minimum atomic E-state index is -0.0582. The number of carbonyl (C=O) groups excluding carboxylic acids is 1. The second kappa shape index (κ2) is 9.78. The highest BCUT2D eigenvalue weighted by atomic mass is 16.3. The van der Waals surface area contributed by atoms with E-state index >= 15 is 0 Å². The van der Waals surface area contributed by atoms with Gasteiger partial charge in [-0.15, -0.1) is 0 Å². The number of piperidine rings is 1. The summed E-state index contributed by atoms with van der Waals surface area (Å²) in [6, 6.07) is 8.40. The Kier molecular flexibility index (Phi) is 7.72. The standard InChI is InChI=1S/C20H33N3O2/c1-4-5-19(22(2)3)20(25)21-14-16-6-8-18(9-7-16)23-12-10-17(15-24)11-13-23/h6-9,17,19,24H,4-5,10-15H2,1-3H3,(H,21,25). The van der Waals surface area contributed by atoms with Crippen molar-refractivity contribution in [3.63, 3.8) is 0 Å². The molecule has 1 aromatic carbocycles. The summed E-state index contributed by atoms with van der Waals surface area (Å²) in [7, 11) is 3.91. The van der Waals surface area contributed by atoms with Crippen LogP contribution in [0.25, 0.3) is 0 Å². The van der Waals surface area contributed by atoms with Crippen LogP contribution in [0, 0.1) is 5.92 Å². The van der Waals surface area contributed by atoms with Crippen LogP contribution in [0.1, 0.15) is 38.2 Å². The van der Waals surface area contributed by atoms with Crippen LogP contribution in [0.5, 0.6) is 0 Å². The van der Waals surface area contributed by atoms with E-state index in [2.05, 4.69) is 41.4 Å². The van der Waals surface area contributed by atoms with E-state index in [0.717, 1.165) is 44.3 Å². The number of benzene rings is 1. The van der Waals surface area contributed by atoms with Crippen molar-refractivity contribution < 1.29 is 9.90 Å². The Morgan fingerprint density at radius 3 is 2.44 bits per heavy atom. The van der Waals surface area contributed by atoms with Crippen LogP contribution in [0.3, 0.4) is 0 Å². The van der Waals surface area contributed by atoms with E-state index in [1.807, 2.05) is 19.0 Å². The van der Waals surface area contributed by atoms with Crippen LogP contribution in [0.2, 0.25) is 0 Å². The minimum Gasteiger partial charge on any atom is -0.396 e. The fourth-order valence-electron chi connectivity index (χ4n) is 3.40. The highest BCUT2D eigenvalue weighted by Gasteiger charge is 2.20. The van der Waals surface area contributed by atoms with Crippen molar-refractivity contribution in [2.24, 2.45) is 5.92 Å². The predicted molar refractivity (Wildman–Crippen MR) is 103 cm³/mol. The maximum absolute atomic E-state index is 12.3. The zero-order chi connectivity index (χ0) is 18.2. The first kappa shape index (κ1) is 19.7. The van der Waals surface area contributed by atoms with Crippen molar-refractivity contribution in [2.45, 2.75) is 45.2 Å². The molecule has 0 saturated carbocycles. The molecule has 0 spiro atoms. The van der Waals surface area contributed by atoms with E-state index < -0.39 is 0 Å². The number of likely N-dealkylation sites (N-methyl/N-ethyl adjacent to an activating group) is 1. The molecule has 2 rings (SSSR count). The number of aliphatic hydroxyl groups excluding tert-OH is 1. The molecular weight excluding hydrogens is 314 g/mol. The largest absolute Gasteiger partial charge is 0.396 e. The van der Waals surface area contributed by atoms with Gasteiger partial charge in [-0.25, -0.2) is 0 Å². The van der Waals surface area contributed by atoms with Gasteiger partial charge in [-0.1, -0.05) is 25.5 Å². The van der Waals surface area contributed by atoms with Crippen LogP contribution < -0.4 is 10.2 Å². The SMILES string of the molecule is CCCC(C(=O)NCc1ccc(N2CCC(CO)CC2)cc1)N(C)C. The Balaban J connectivity index is 1.85. The molecule has 0 bridgehead atoms. The second-order valence-corrected chi connectivity index (χ2v) is 7.27. The molecule has 1 aliphatic heterocycles. The van der Waals surface area contributed by atoms with Gasteiger partial charge in [-0.3, -0.25) is 9.69 Å². The van der Waals surface area contributed by atoms with Crippen molar-refractivity contribution in [2.75, 3.05) is 38.7 Å². The van der Waals surface area contributed by atoms with Crippen molar-refractivity contribution in [3.05, 3.63) is 29.8 Å². The topological polar surface area (TPSA) is 55.8 Å². The van der Waals surface area contributed by atoms with Crippen LogP contribution >= 0.6 is 0 Å². The highest BCUT2D eigenvalue weighted by molar-refractivity contribution is 5.81. The monoisotopic (exact) mass is 347 g/mol. The third-order valence-electron chi connectivity index (χ3n) is 5.13. The summed E-state index contributed by atoms with van der Waals surface area (Å²) in [5, 5.41) is 12.3. The summed E-state index contributed by atoms with van der Waals surface area (Å²) >= 11 is 0. The van der Waals surface area contributed by atoms with E-state index in [9.17, 15) is 9.90 Å². The summed E-state index contributed by atoms with van der Waals surface area (Å²) in [6.45, 7) is 4.98. The van der Waals surface area contributed by atoms with E-state index in [1.54, 1.807) is 0 Å². The number of hydrogen-bond acceptors (Lipinski definition) is 4. The van der Waals surface area contributed by atoms with Crippen LogP contribution in [-0.2, 0) is 11.3 Å². The second-order valence-electron chi connectivity index (χ2n) is 7.27.